The molecule has 1 aromatic heterocycles. The normalized spacial score (nSPS) is 10.8. The van der Waals surface area contributed by atoms with E-state index >= 15 is 0 Å². The Bertz CT molecular complexity index is 1330. The van der Waals surface area contributed by atoms with Crippen LogP contribution in [0.4, 0.5) is 11.4 Å². The van der Waals surface area contributed by atoms with E-state index < -0.39 is 11.5 Å². The van der Waals surface area contributed by atoms with E-state index in [0.717, 1.165) is 0 Å². The number of para-hydroxylation sites is 1. The highest BCUT2D eigenvalue weighted by Gasteiger charge is 2.16. The molecule has 7 heteroatoms. The van der Waals surface area contributed by atoms with Crippen LogP contribution in [0, 0.1) is 0 Å². The Labute approximate surface area is 190 Å². The molecule has 166 valence electrons. The van der Waals surface area contributed by atoms with Crippen molar-refractivity contribution >= 4 is 17.3 Å². The average molecular weight is 441 g/mol. The minimum atomic E-state index is -1.06. The number of hydrogen-bond donors (Lipinski definition) is 2. The number of nitrogens with zero attached hydrogens (tertiary/aromatic N) is 2. The second-order valence-corrected chi connectivity index (χ2v) is 7.77. The number of carbonyl (C=O) groups is 1. The lowest BCUT2D eigenvalue weighted by Crippen LogP contribution is -2.24. The van der Waals surface area contributed by atoms with E-state index in [0.29, 0.717) is 23.0 Å². The van der Waals surface area contributed by atoms with Gasteiger partial charge in [-0.05, 0) is 53.9 Å². The van der Waals surface area contributed by atoms with Crippen LogP contribution >= 0.6 is 0 Å². The lowest BCUT2D eigenvalue weighted by molar-refractivity contribution is 0.0697. The topological polar surface area (TPSA) is 93.5 Å². The van der Waals surface area contributed by atoms with Gasteiger partial charge in [-0.2, -0.15) is 9.78 Å². The van der Waals surface area contributed by atoms with Gasteiger partial charge in [0.15, 0.2) is 11.4 Å². The van der Waals surface area contributed by atoms with E-state index in [2.05, 4.69) is 24.3 Å². The lowest BCUT2D eigenvalue weighted by atomic mass is 10.0. The molecule has 0 aliphatic rings. The van der Waals surface area contributed by atoms with E-state index in [-0.39, 0.29) is 17.0 Å². The maximum absolute atomic E-state index is 13.4. The van der Waals surface area contributed by atoms with E-state index in [4.69, 9.17) is 4.74 Å². The number of rotatable bonds is 7. The van der Waals surface area contributed by atoms with E-state index in [1.165, 1.54) is 28.6 Å². The molecule has 3 aromatic carbocycles. The molecule has 1 heterocycles. The smallest absolute Gasteiger partial charge is 0.335 e. The van der Waals surface area contributed by atoms with Gasteiger partial charge >= 0.3 is 5.97 Å². The summed E-state index contributed by atoms with van der Waals surface area (Å²) in [5.74, 6) is 0.108. The summed E-state index contributed by atoms with van der Waals surface area (Å²) in [5.41, 5.74) is 2.02. The summed E-state index contributed by atoms with van der Waals surface area (Å²) < 4.78 is 7.27. The molecule has 4 rings (SSSR count). The van der Waals surface area contributed by atoms with Gasteiger partial charge in [0, 0.05) is 5.69 Å². The number of ether oxygens (including phenoxy) is 1. The number of nitrogens with one attached hydrogen (secondary N) is 1. The fourth-order valence-corrected chi connectivity index (χ4v) is 3.31. The van der Waals surface area contributed by atoms with Crippen molar-refractivity contribution in [3.63, 3.8) is 0 Å². The average Bonchev–Trinajstić information content (AvgIpc) is 2.82. The first-order valence-electron chi connectivity index (χ1n) is 10.5. The van der Waals surface area contributed by atoms with Crippen LogP contribution in [0.25, 0.3) is 5.69 Å². The number of hydrogen-bond acceptors (Lipinski definition) is 5. The van der Waals surface area contributed by atoms with Crippen LogP contribution in [0.2, 0.25) is 0 Å². The Hall–Kier alpha value is -4.39. The first-order chi connectivity index (χ1) is 15.9. The molecule has 0 saturated carbocycles. The molecule has 0 saturated heterocycles. The molecule has 0 bridgehead atoms. The quantitative estimate of drug-likeness (QED) is 0.388. The molecule has 33 heavy (non-hydrogen) atoms. The van der Waals surface area contributed by atoms with Gasteiger partial charge in [-0.25, -0.2) is 4.79 Å². The van der Waals surface area contributed by atoms with Crippen molar-refractivity contribution in [2.75, 3.05) is 5.32 Å². The Morgan fingerprint density at radius 1 is 1.00 bits per heavy atom. The fourth-order valence-electron chi connectivity index (χ4n) is 3.31. The number of aromatic nitrogens is 2. The minimum absolute atomic E-state index is 0.101. The van der Waals surface area contributed by atoms with E-state index in [9.17, 15) is 14.7 Å². The zero-order valence-electron chi connectivity index (χ0n) is 18.2. The maximum Gasteiger partial charge on any atom is 0.335 e. The van der Waals surface area contributed by atoms with Crippen molar-refractivity contribution in [2.45, 2.75) is 19.8 Å². The molecule has 4 aromatic rings. The van der Waals surface area contributed by atoms with Crippen LogP contribution in [0.5, 0.6) is 11.5 Å². The summed E-state index contributed by atoms with van der Waals surface area (Å²) in [7, 11) is 0. The molecular weight excluding hydrogens is 418 g/mol. The van der Waals surface area contributed by atoms with Gasteiger partial charge in [0.2, 0.25) is 0 Å². The van der Waals surface area contributed by atoms with Crippen molar-refractivity contribution in [1.82, 2.24) is 9.78 Å². The Morgan fingerprint density at radius 2 is 1.73 bits per heavy atom. The summed E-state index contributed by atoms with van der Waals surface area (Å²) in [6, 6.07) is 22.9. The number of benzene rings is 3. The number of carboxylic acids is 1. The van der Waals surface area contributed by atoms with E-state index in [1.54, 1.807) is 24.3 Å². The highest BCUT2D eigenvalue weighted by atomic mass is 16.5. The van der Waals surface area contributed by atoms with Gasteiger partial charge in [-0.1, -0.05) is 50.2 Å². The summed E-state index contributed by atoms with van der Waals surface area (Å²) in [5, 5.41) is 16.6. The monoisotopic (exact) mass is 441 g/mol. The number of anilines is 2. The first-order valence-corrected chi connectivity index (χ1v) is 10.5. The van der Waals surface area contributed by atoms with Crippen LogP contribution in [0.3, 0.4) is 0 Å². The summed E-state index contributed by atoms with van der Waals surface area (Å²) in [4.78, 5) is 24.8. The van der Waals surface area contributed by atoms with Crippen molar-refractivity contribution in [3.05, 3.63) is 107 Å². The van der Waals surface area contributed by atoms with Crippen LogP contribution in [-0.4, -0.2) is 20.9 Å². The molecule has 0 fully saturated rings. The molecule has 2 N–H and O–H groups in total. The molecule has 0 aliphatic heterocycles. The third-order valence-electron chi connectivity index (χ3n) is 5.10. The fraction of sp³-hybridized carbons (Fsp3) is 0.115. The molecular formula is C26H23N3O4. The Kier molecular flexibility index (Phi) is 6.22. The van der Waals surface area contributed by atoms with Crippen molar-refractivity contribution < 1.29 is 14.6 Å². The molecule has 0 radical (unpaired) electrons. The molecule has 7 nitrogen and oxygen atoms in total. The zero-order chi connectivity index (χ0) is 23.4. The van der Waals surface area contributed by atoms with Gasteiger partial charge in [0.25, 0.3) is 5.56 Å². The lowest BCUT2D eigenvalue weighted by Gasteiger charge is -2.15. The number of carboxylic acid groups (broad SMARTS) is 1. The van der Waals surface area contributed by atoms with Gasteiger partial charge < -0.3 is 15.2 Å². The summed E-state index contributed by atoms with van der Waals surface area (Å²) in [6.07, 6.45) is 1.47. The van der Waals surface area contributed by atoms with Gasteiger partial charge in [0.1, 0.15) is 5.75 Å². The van der Waals surface area contributed by atoms with Gasteiger partial charge in [-0.3, -0.25) is 4.79 Å². The molecule has 0 spiro atoms. The molecule has 0 unspecified atom stereocenters. The van der Waals surface area contributed by atoms with Crippen molar-refractivity contribution in [1.29, 1.82) is 0 Å². The zero-order valence-corrected chi connectivity index (χ0v) is 18.2. The van der Waals surface area contributed by atoms with Crippen LogP contribution in [0.15, 0.2) is 89.9 Å². The Morgan fingerprint density at radius 3 is 2.39 bits per heavy atom. The van der Waals surface area contributed by atoms with Gasteiger partial charge in [0.05, 0.1) is 17.4 Å². The summed E-state index contributed by atoms with van der Waals surface area (Å²) in [6.45, 7) is 4.21. The number of aromatic carboxylic acids is 1. The Balaban J connectivity index is 1.77. The second-order valence-electron chi connectivity index (χ2n) is 7.77. The molecule has 0 amide bonds. The maximum atomic E-state index is 13.4. The van der Waals surface area contributed by atoms with Gasteiger partial charge in [-0.15, -0.1) is 0 Å². The third kappa shape index (κ3) is 4.93. The van der Waals surface area contributed by atoms with E-state index in [1.807, 2.05) is 42.5 Å². The van der Waals surface area contributed by atoms with Crippen molar-refractivity contribution in [3.8, 4) is 17.2 Å². The molecule has 0 atom stereocenters. The largest absolute Gasteiger partial charge is 0.478 e. The minimum Gasteiger partial charge on any atom is -0.478 e. The third-order valence-corrected chi connectivity index (χ3v) is 5.10. The van der Waals surface area contributed by atoms with Crippen LogP contribution < -0.4 is 15.6 Å². The predicted octanol–water partition coefficient (Wildman–Crippen LogP) is 5.59. The van der Waals surface area contributed by atoms with Crippen molar-refractivity contribution in [2.24, 2.45) is 0 Å². The van der Waals surface area contributed by atoms with Crippen LogP contribution in [-0.2, 0) is 0 Å². The SMILES string of the molecule is CC(C)c1ccc(Oc2cnn(-c3ccccc3)c(=O)c2Nc2cccc(C(=O)O)c2)cc1. The summed E-state index contributed by atoms with van der Waals surface area (Å²) >= 11 is 0. The molecule has 0 aliphatic carbocycles. The standard InChI is InChI=1S/C26H23N3O4/c1-17(2)18-11-13-22(14-12-18)33-23-16-27-29(21-9-4-3-5-10-21)25(30)24(23)28-20-8-6-7-19(15-20)26(31)32/h3-17,28H,1-2H3,(H,31,32). The first kappa shape index (κ1) is 21.8. The second kappa shape index (κ2) is 9.40. The highest BCUT2D eigenvalue weighted by molar-refractivity contribution is 5.89. The highest BCUT2D eigenvalue weighted by Crippen LogP contribution is 2.30. The van der Waals surface area contributed by atoms with Crippen LogP contribution in [0.1, 0.15) is 35.7 Å². The predicted molar refractivity (Wildman–Crippen MR) is 127 cm³/mol.